The number of alkyl halides is 2. The Balaban J connectivity index is 1.63. The first-order chi connectivity index (χ1) is 15.3. The van der Waals surface area contributed by atoms with Crippen molar-refractivity contribution in [1.82, 2.24) is 4.90 Å². The number of hydrogen-bond acceptors (Lipinski definition) is 6. The lowest BCUT2D eigenvalue weighted by molar-refractivity contribution is -0.133. The van der Waals surface area contributed by atoms with Crippen LogP contribution < -0.4 is 10.5 Å². The van der Waals surface area contributed by atoms with Crippen LogP contribution in [0.5, 0.6) is 5.75 Å². The molecule has 1 aliphatic rings. The minimum atomic E-state index is -2.87. The van der Waals surface area contributed by atoms with Gasteiger partial charge in [-0.1, -0.05) is 29.8 Å². The summed E-state index contributed by atoms with van der Waals surface area (Å²) in [5.41, 5.74) is 7.86. The van der Waals surface area contributed by atoms with Crippen LogP contribution >= 0.6 is 23.5 Å². The van der Waals surface area contributed by atoms with Crippen molar-refractivity contribution in [3.05, 3.63) is 70.4 Å². The molecule has 32 heavy (non-hydrogen) atoms. The van der Waals surface area contributed by atoms with Crippen molar-refractivity contribution in [2.24, 2.45) is 10.1 Å². The number of ether oxygens (including phenoxy) is 1. The van der Waals surface area contributed by atoms with Gasteiger partial charge in [0.2, 0.25) is 5.91 Å². The van der Waals surface area contributed by atoms with E-state index in [-0.39, 0.29) is 24.7 Å². The summed E-state index contributed by atoms with van der Waals surface area (Å²) in [5, 5.41) is 10.7. The summed E-state index contributed by atoms with van der Waals surface area (Å²) in [6.07, 6.45) is 0.637. The number of rotatable bonds is 8. The molecule has 6 nitrogen and oxygen atoms in total. The van der Waals surface area contributed by atoms with E-state index in [1.54, 1.807) is 54.4 Å². The van der Waals surface area contributed by atoms with Crippen molar-refractivity contribution in [1.29, 1.82) is 0 Å². The predicted octanol–water partition coefficient (Wildman–Crippen LogP) is 4.24. The number of hydrogen-bond donors (Lipinski definition) is 2. The van der Waals surface area contributed by atoms with Crippen LogP contribution in [0, 0.1) is 0 Å². The number of benzene rings is 2. The number of aliphatic hydroxyl groups is 1. The van der Waals surface area contributed by atoms with Crippen LogP contribution in [0.3, 0.4) is 0 Å². The molecule has 170 valence electrons. The fourth-order valence-corrected chi connectivity index (χ4v) is 4.12. The number of nitrogens with two attached hydrogens (primary N) is 1. The van der Waals surface area contributed by atoms with Crippen molar-refractivity contribution in [2.75, 3.05) is 13.1 Å². The highest BCUT2D eigenvalue weighted by Gasteiger charge is 2.34. The van der Waals surface area contributed by atoms with Crippen molar-refractivity contribution < 1.29 is 23.4 Å². The molecular formula is C22H22ClF2N3O3S. The smallest absolute Gasteiger partial charge is 0.387 e. The summed E-state index contributed by atoms with van der Waals surface area (Å²) in [6.45, 7) is -0.849. The SMILES string of the molecule is CC(O)C(C(=O)N1CC(N)=C(/C=N/Sc2ccc(OC(F)F)cc2)C1)c1ccccc1Cl. The Morgan fingerprint density at radius 2 is 1.94 bits per heavy atom. The Kier molecular flexibility index (Phi) is 8.11. The van der Waals surface area contributed by atoms with Gasteiger partial charge in [0.15, 0.2) is 0 Å². The second-order valence-corrected chi connectivity index (χ2v) is 8.43. The van der Waals surface area contributed by atoms with E-state index in [0.717, 1.165) is 16.8 Å². The Labute approximate surface area is 193 Å². The maximum Gasteiger partial charge on any atom is 0.387 e. The average Bonchev–Trinajstić information content (AvgIpc) is 3.11. The van der Waals surface area contributed by atoms with Gasteiger partial charge in [-0.15, -0.1) is 0 Å². The summed E-state index contributed by atoms with van der Waals surface area (Å²) in [7, 11) is 0. The van der Waals surface area contributed by atoms with E-state index in [1.807, 2.05) is 0 Å². The van der Waals surface area contributed by atoms with Gasteiger partial charge in [0, 0.05) is 45.9 Å². The second-order valence-electron chi connectivity index (χ2n) is 7.16. The molecule has 1 aliphatic heterocycles. The molecule has 2 aromatic rings. The topological polar surface area (TPSA) is 88.2 Å². The molecule has 2 atom stereocenters. The molecule has 3 N–H and O–H groups in total. The lowest BCUT2D eigenvalue weighted by Gasteiger charge is -2.26. The maximum absolute atomic E-state index is 13.1. The number of carbonyl (C=O) groups excluding carboxylic acids is 1. The highest BCUT2D eigenvalue weighted by atomic mass is 35.5. The molecule has 10 heteroatoms. The van der Waals surface area contributed by atoms with Crippen molar-refractivity contribution in [3.63, 3.8) is 0 Å². The molecule has 0 saturated carbocycles. The largest absolute Gasteiger partial charge is 0.435 e. The molecule has 1 heterocycles. The van der Waals surface area contributed by atoms with E-state index in [9.17, 15) is 18.7 Å². The highest BCUT2D eigenvalue weighted by Crippen LogP contribution is 2.30. The van der Waals surface area contributed by atoms with Crippen molar-refractivity contribution in [3.8, 4) is 5.75 Å². The first-order valence-electron chi connectivity index (χ1n) is 9.70. The van der Waals surface area contributed by atoms with Gasteiger partial charge in [0.25, 0.3) is 0 Å². The Hall–Kier alpha value is -2.62. The number of halogens is 3. The number of aliphatic hydroxyl groups excluding tert-OH is 1. The van der Waals surface area contributed by atoms with Gasteiger partial charge in [-0.2, -0.15) is 8.78 Å². The molecule has 2 aromatic carbocycles. The molecule has 2 unspecified atom stereocenters. The van der Waals surface area contributed by atoms with Gasteiger partial charge in [0.1, 0.15) is 5.75 Å². The normalized spacial score (nSPS) is 16.1. The highest BCUT2D eigenvalue weighted by molar-refractivity contribution is 7.98. The van der Waals surface area contributed by atoms with Crippen molar-refractivity contribution >= 4 is 35.7 Å². The van der Waals surface area contributed by atoms with Crippen LogP contribution in [-0.4, -0.2) is 47.9 Å². The molecule has 0 fully saturated rings. The van der Waals surface area contributed by atoms with Crippen molar-refractivity contribution in [2.45, 2.75) is 30.5 Å². The molecule has 3 rings (SSSR count). The monoisotopic (exact) mass is 481 g/mol. The molecule has 0 saturated heterocycles. The zero-order valence-corrected chi connectivity index (χ0v) is 18.7. The van der Waals surface area contributed by atoms with E-state index in [2.05, 4.69) is 9.13 Å². The predicted molar refractivity (Wildman–Crippen MR) is 121 cm³/mol. The molecule has 0 aliphatic carbocycles. The van der Waals surface area contributed by atoms with Crippen LogP contribution in [-0.2, 0) is 4.79 Å². The second kappa shape index (κ2) is 10.8. The lowest BCUT2D eigenvalue weighted by Crippen LogP contribution is -2.38. The Bertz CT molecular complexity index is 1020. The number of carbonyl (C=O) groups is 1. The summed E-state index contributed by atoms with van der Waals surface area (Å²) in [4.78, 5) is 15.4. The average molecular weight is 482 g/mol. The first kappa shape index (κ1) is 24.0. The molecule has 0 aromatic heterocycles. The first-order valence-corrected chi connectivity index (χ1v) is 10.9. The van der Waals surface area contributed by atoms with Crippen LogP contribution in [0.25, 0.3) is 0 Å². The van der Waals surface area contributed by atoms with E-state index in [4.69, 9.17) is 17.3 Å². The fourth-order valence-electron chi connectivity index (χ4n) is 3.31. The maximum atomic E-state index is 13.1. The van der Waals surface area contributed by atoms with E-state index >= 15 is 0 Å². The third-order valence-corrected chi connectivity index (χ3v) is 5.89. The van der Waals surface area contributed by atoms with Gasteiger partial charge < -0.3 is 20.5 Å². The quantitative estimate of drug-likeness (QED) is 0.435. The summed E-state index contributed by atoms with van der Waals surface area (Å²) >= 11 is 7.38. The van der Waals surface area contributed by atoms with Gasteiger partial charge in [0.05, 0.1) is 18.6 Å². The molecular weight excluding hydrogens is 460 g/mol. The molecule has 0 radical (unpaired) electrons. The summed E-state index contributed by atoms with van der Waals surface area (Å²) in [6, 6.07) is 13.0. The van der Waals surface area contributed by atoms with E-state index in [0.29, 0.717) is 21.9 Å². The lowest BCUT2D eigenvalue weighted by atomic mass is 9.92. The van der Waals surface area contributed by atoms with Crippen LogP contribution in [0.2, 0.25) is 5.02 Å². The molecule has 0 bridgehead atoms. The van der Waals surface area contributed by atoms with Crippen LogP contribution in [0.15, 0.2) is 69.1 Å². The number of amides is 1. The third kappa shape index (κ3) is 5.99. The zero-order chi connectivity index (χ0) is 23.3. The van der Waals surface area contributed by atoms with Gasteiger partial charge in [-0.3, -0.25) is 4.79 Å². The zero-order valence-electron chi connectivity index (χ0n) is 17.1. The minimum Gasteiger partial charge on any atom is -0.435 e. The number of nitrogens with zero attached hydrogens (tertiary/aromatic N) is 2. The minimum absolute atomic E-state index is 0.0661. The van der Waals surface area contributed by atoms with Crippen LogP contribution in [0.4, 0.5) is 8.78 Å². The molecule has 0 spiro atoms. The Morgan fingerprint density at radius 3 is 2.56 bits per heavy atom. The van der Waals surface area contributed by atoms with Gasteiger partial charge >= 0.3 is 6.61 Å². The van der Waals surface area contributed by atoms with Gasteiger partial charge in [-0.25, -0.2) is 4.40 Å². The summed E-state index contributed by atoms with van der Waals surface area (Å²) < 4.78 is 33.0. The standard InChI is InChI=1S/C22H22ClF2N3O3S/c1-13(29)20(17-4-2-3-5-18(17)23)21(30)28-11-14(19(26)12-28)10-27-32-16-8-6-15(7-9-16)31-22(24)25/h2-10,13,20,22,29H,11-12,26H2,1H3/b27-10+. The Morgan fingerprint density at radius 1 is 1.25 bits per heavy atom. The van der Waals surface area contributed by atoms with E-state index < -0.39 is 18.6 Å². The fraction of sp³-hybridized carbons (Fsp3) is 0.273. The van der Waals surface area contributed by atoms with E-state index in [1.165, 1.54) is 12.1 Å². The summed E-state index contributed by atoms with van der Waals surface area (Å²) in [5.74, 6) is -1.02. The van der Waals surface area contributed by atoms with Gasteiger partial charge in [-0.05, 0) is 42.8 Å². The third-order valence-electron chi connectivity index (χ3n) is 4.85. The molecule has 1 amide bonds. The van der Waals surface area contributed by atoms with Crippen LogP contribution in [0.1, 0.15) is 18.4 Å².